The van der Waals surface area contributed by atoms with E-state index in [1.165, 1.54) is 0 Å². The molecule has 2 atom stereocenters. The number of amides is 2. The number of carbonyl (C=O) groups excluding carboxylic acids is 2. The quantitative estimate of drug-likeness (QED) is 0.388. The van der Waals surface area contributed by atoms with Gasteiger partial charge in [0, 0.05) is 19.7 Å². The van der Waals surface area contributed by atoms with Gasteiger partial charge < -0.3 is 24.4 Å². The van der Waals surface area contributed by atoms with Crippen molar-refractivity contribution < 1.29 is 23.8 Å². The van der Waals surface area contributed by atoms with Crippen molar-refractivity contribution in [3.05, 3.63) is 48.0 Å². The first-order valence-corrected chi connectivity index (χ1v) is 13.1. The molecule has 0 unspecified atom stereocenters. The molecule has 3 aromatic rings. The molecule has 0 spiro atoms. The van der Waals surface area contributed by atoms with E-state index >= 15 is 0 Å². The minimum atomic E-state index is -0.895. The largest absolute Gasteiger partial charge is 0.493 e. The van der Waals surface area contributed by atoms with Crippen LogP contribution in [0.2, 0.25) is 0 Å². The molecule has 2 heterocycles. The lowest BCUT2D eigenvalue weighted by Crippen LogP contribution is -2.48. The van der Waals surface area contributed by atoms with Gasteiger partial charge in [-0.1, -0.05) is 37.3 Å². The molecule has 10 nitrogen and oxygen atoms in total. The molecule has 1 saturated heterocycles. The van der Waals surface area contributed by atoms with Crippen LogP contribution in [0.1, 0.15) is 44.7 Å². The van der Waals surface area contributed by atoms with Gasteiger partial charge in [-0.2, -0.15) is 0 Å². The summed E-state index contributed by atoms with van der Waals surface area (Å²) in [5, 5.41) is 11.4. The molecule has 1 aliphatic heterocycles. The molecule has 0 bridgehead atoms. The second-order valence-corrected chi connectivity index (χ2v) is 9.91. The van der Waals surface area contributed by atoms with Gasteiger partial charge in [-0.15, -0.1) is 5.10 Å². The van der Waals surface area contributed by atoms with Crippen LogP contribution in [0.5, 0.6) is 11.5 Å². The minimum absolute atomic E-state index is 0.0592. The van der Waals surface area contributed by atoms with Crippen molar-refractivity contribution in [3.8, 4) is 11.5 Å². The van der Waals surface area contributed by atoms with E-state index in [0.717, 1.165) is 24.8 Å². The fourth-order valence-corrected chi connectivity index (χ4v) is 4.69. The third kappa shape index (κ3) is 6.42. The standard InChI is InChI=1S/C28H37N5O5/c1-19(2)13-14-29-28(35)27(20-11-12-24(36-3)25(16-20)37-4)32(17-21-8-7-15-38-21)26(34)18-33-23-10-6-5-9-22(23)30-31-33/h5-6,9-12,16,19,21,27H,7-8,13-15,17-18H2,1-4H3,(H,29,35)/t21-,27-/m0/s1. The number of benzene rings is 2. The van der Waals surface area contributed by atoms with E-state index in [1.54, 1.807) is 42.0 Å². The number of para-hydroxylation sites is 1. The Kier molecular flexibility index (Phi) is 9.17. The Hall–Kier alpha value is -3.66. The lowest BCUT2D eigenvalue weighted by Gasteiger charge is -2.33. The SMILES string of the molecule is COc1ccc([C@@H](C(=O)NCCC(C)C)N(C[C@@H]2CCCO2)C(=O)Cn2nnc3ccccc32)cc1OC. The summed E-state index contributed by atoms with van der Waals surface area (Å²) in [4.78, 5) is 29.3. The maximum Gasteiger partial charge on any atom is 0.247 e. The molecule has 0 aliphatic carbocycles. The van der Waals surface area contributed by atoms with Crippen LogP contribution in [0, 0.1) is 5.92 Å². The molecular weight excluding hydrogens is 486 g/mol. The highest BCUT2D eigenvalue weighted by molar-refractivity contribution is 5.89. The number of fused-ring (bicyclic) bond motifs is 1. The summed E-state index contributed by atoms with van der Waals surface area (Å²) >= 11 is 0. The zero-order valence-electron chi connectivity index (χ0n) is 22.6. The zero-order valence-corrected chi connectivity index (χ0v) is 22.6. The number of ether oxygens (including phenoxy) is 3. The Morgan fingerprint density at radius 1 is 1.16 bits per heavy atom. The van der Waals surface area contributed by atoms with E-state index < -0.39 is 6.04 Å². The third-order valence-corrected chi connectivity index (χ3v) is 6.75. The number of nitrogens with one attached hydrogen (secondary N) is 1. The van der Waals surface area contributed by atoms with Gasteiger partial charge in [-0.3, -0.25) is 9.59 Å². The van der Waals surface area contributed by atoms with Crippen LogP contribution in [0.25, 0.3) is 11.0 Å². The zero-order chi connectivity index (χ0) is 27.1. The van der Waals surface area contributed by atoms with Crippen molar-refractivity contribution in [2.24, 2.45) is 5.92 Å². The summed E-state index contributed by atoms with van der Waals surface area (Å²) in [7, 11) is 3.10. The second-order valence-electron chi connectivity index (χ2n) is 9.91. The number of aromatic nitrogens is 3. The number of carbonyl (C=O) groups is 2. The van der Waals surface area contributed by atoms with Gasteiger partial charge in [-0.05, 0) is 55.0 Å². The molecule has 10 heteroatoms. The summed E-state index contributed by atoms with van der Waals surface area (Å²) in [6.45, 7) is 5.58. The smallest absolute Gasteiger partial charge is 0.247 e. The number of methoxy groups -OCH3 is 2. The molecule has 204 valence electrons. The first-order chi connectivity index (χ1) is 18.4. The Morgan fingerprint density at radius 3 is 2.66 bits per heavy atom. The van der Waals surface area contributed by atoms with E-state index in [9.17, 15) is 9.59 Å². The fourth-order valence-electron chi connectivity index (χ4n) is 4.69. The molecular formula is C28H37N5O5. The van der Waals surface area contributed by atoms with Crippen LogP contribution in [0.4, 0.5) is 0 Å². The van der Waals surface area contributed by atoms with Crippen LogP contribution in [0.15, 0.2) is 42.5 Å². The van der Waals surface area contributed by atoms with E-state index in [-0.39, 0.29) is 31.0 Å². The van der Waals surface area contributed by atoms with Gasteiger partial charge in [0.05, 0.1) is 25.8 Å². The van der Waals surface area contributed by atoms with Crippen molar-refractivity contribution >= 4 is 22.8 Å². The predicted octanol–water partition coefficient (Wildman–Crippen LogP) is 3.36. The molecule has 2 amide bonds. The number of hydrogen-bond donors (Lipinski definition) is 1. The number of rotatable bonds is 12. The highest BCUT2D eigenvalue weighted by Crippen LogP contribution is 2.33. The highest BCUT2D eigenvalue weighted by Gasteiger charge is 2.35. The minimum Gasteiger partial charge on any atom is -0.493 e. The summed E-state index contributed by atoms with van der Waals surface area (Å²) in [6, 6.07) is 11.9. The normalized spacial score (nSPS) is 16.0. The summed E-state index contributed by atoms with van der Waals surface area (Å²) in [5.41, 5.74) is 2.08. The summed E-state index contributed by atoms with van der Waals surface area (Å²) < 4.78 is 18.4. The molecule has 0 radical (unpaired) electrons. The maximum atomic E-state index is 14.0. The van der Waals surface area contributed by atoms with Crippen molar-refractivity contribution in [2.45, 2.75) is 51.8 Å². The van der Waals surface area contributed by atoms with Crippen molar-refractivity contribution in [1.82, 2.24) is 25.2 Å². The molecule has 0 saturated carbocycles. The van der Waals surface area contributed by atoms with Gasteiger partial charge in [0.1, 0.15) is 18.1 Å². The van der Waals surface area contributed by atoms with Crippen LogP contribution in [-0.2, 0) is 20.9 Å². The maximum absolute atomic E-state index is 14.0. The van der Waals surface area contributed by atoms with Gasteiger partial charge >= 0.3 is 0 Å². The van der Waals surface area contributed by atoms with E-state index in [0.29, 0.717) is 41.6 Å². The molecule has 38 heavy (non-hydrogen) atoms. The highest BCUT2D eigenvalue weighted by atomic mass is 16.5. The molecule has 2 aromatic carbocycles. The van der Waals surface area contributed by atoms with Gasteiger partial charge in [0.2, 0.25) is 11.8 Å². The van der Waals surface area contributed by atoms with E-state index in [2.05, 4.69) is 29.5 Å². The number of hydrogen-bond acceptors (Lipinski definition) is 7. The summed E-state index contributed by atoms with van der Waals surface area (Å²) in [5.74, 6) is 0.945. The Bertz CT molecular complexity index is 1240. The van der Waals surface area contributed by atoms with Crippen LogP contribution >= 0.6 is 0 Å². The lowest BCUT2D eigenvalue weighted by molar-refractivity contribution is -0.143. The van der Waals surface area contributed by atoms with Crippen LogP contribution in [-0.4, -0.2) is 71.7 Å². The molecule has 4 rings (SSSR count). The first-order valence-electron chi connectivity index (χ1n) is 13.1. The fraction of sp³-hybridized carbons (Fsp3) is 0.500. The summed E-state index contributed by atoms with van der Waals surface area (Å²) in [6.07, 6.45) is 2.42. The van der Waals surface area contributed by atoms with Crippen molar-refractivity contribution in [3.63, 3.8) is 0 Å². The van der Waals surface area contributed by atoms with E-state index in [1.807, 2.05) is 24.3 Å². The van der Waals surface area contributed by atoms with Crippen LogP contribution in [0.3, 0.4) is 0 Å². The van der Waals surface area contributed by atoms with Gasteiger partial charge in [0.25, 0.3) is 0 Å². The van der Waals surface area contributed by atoms with Crippen molar-refractivity contribution in [1.29, 1.82) is 0 Å². The Balaban J connectivity index is 1.71. The predicted molar refractivity (Wildman–Crippen MR) is 143 cm³/mol. The first kappa shape index (κ1) is 27.4. The second kappa shape index (κ2) is 12.7. The molecule has 1 aliphatic rings. The Labute approximate surface area is 223 Å². The average molecular weight is 524 g/mol. The topological polar surface area (TPSA) is 108 Å². The molecule has 1 N–H and O–H groups in total. The van der Waals surface area contributed by atoms with Gasteiger partial charge in [-0.25, -0.2) is 4.68 Å². The van der Waals surface area contributed by atoms with E-state index in [4.69, 9.17) is 14.2 Å². The molecule has 1 aromatic heterocycles. The Morgan fingerprint density at radius 2 is 1.95 bits per heavy atom. The third-order valence-electron chi connectivity index (χ3n) is 6.75. The number of nitrogens with zero attached hydrogens (tertiary/aromatic N) is 4. The van der Waals surface area contributed by atoms with Crippen LogP contribution < -0.4 is 14.8 Å². The van der Waals surface area contributed by atoms with Crippen molar-refractivity contribution in [2.75, 3.05) is 33.9 Å². The van der Waals surface area contributed by atoms with Gasteiger partial charge in [0.15, 0.2) is 11.5 Å². The average Bonchev–Trinajstić information content (AvgIpc) is 3.58. The lowest BCUT2D eigenvalue weighted by atomic mass is 10.0. The monoisotopic (exact) mass is 523 g/mol. The molecule has 1 fully saturated rings.